The zero-order valence-electron chi connectivity index (χ0n) is 31.1. The zero-order valence-corrected chi connectivity index (χ0v) is 31.9. The molecule has 2 aromatic carbocycles. The van der Waals surface area contributed by atoms with Crippen LogP contribution in [0.5, 0.6) is 11.5 Å². The van der Waals surface area contributed by atoms with Crippen LogP contribution in [0, 0.1) is 0 Å². The van der Waals surface area contributed by atoms with Crippen molar-refractivity contribution < 1.29 is 36.6 Å². The van der Waals surface area contributed by atoms with Gasteiger partial charge >= 0.3 is 0 Å². The molecule has 2 aromatic heterocycles. The van der Waals surface area contributed by atoms with Gasteiger partial charge in [-0.15, -0.1) is 0 Å². The number of hydrogen-bond donors (Lipinski definition) is 2. The average molecular weight is 763 g/mol. The summed E-state index contributed by atoms with van der Waals surface area (Å²) < 4.78 is 64.3. The predicted molar refractivity (Wildman–Crippen MR) is 200 cm³/mol. The molecule has 288 valence electrons. The van der Waals surface area contributed by atoms with Gasteiger partial charge in [0.05, 0.1) is 23.3 Å². The van der Waals surface area contributed by atoms with Gasteiger partial charge in [-0.25, -0.2) is 17.6 Å². The number of carbonyl (C=O) groups excluding carboxylic acids is 2. The average Bonchev–Trinajstić information content (AvgIpc) is 3.63. The van der Waals surface area contributed by atoms with Crippen molar-refractivity contribution >= 4 is 34.1 Å². The minimum atomic E-state index is -2.83. The molecule has 4 aromatic rings. The number of benzene rings is 2. The summed E-state index contributed by atoms with van der Waals surface area (Å²) in [6, 6.07) is 11.0. The summed E-state index contributed by atoms with van der Waals surface area (Å²) in [5.41, 5.74) is 9.45. The van der Waals surface area contributed by atoms with Crippen LogP contribution >= 0.6 is 11.6 Å². The minimum absolute atomic E-state index is 0.0476. The molecule has 53 heavy (non-hydrogen) atoms. The highest BCUT2D eigenvalue weighted by molar-refractivity contribution is 6.67. The van der Waals surface area contributed by atoms with Crippen molar-refractivity contribution in [3.05, 3.63) is 107 Å². The van der Waals surface area contributed by atoms with Gasteiger partial charge in [0, 0.05) is 49.0 Å². The van der Waals surface area contributed by atoms with E-state index in [0.29, 0.717) is 17.9 Å². The van der Waals surface area contributed by atoms with E-state index in [-0.39, 0.29) is 23.3 Å². The maximum atomic E-state index is 13.1. The molecule has 1 amide bonds. The first kappa shape index (κ1) is 44.1. The summed E-state index contributed by atoms with van der Waals surface area (Å²) in [7, 11) is 2.93. The monoisotopic (exact) mass is 762 g/mol. The molecule has 0 radical (unpaired) electrons. The fourth-order valence-corrected chi connectivity index (χ4v) is 4.96. The number of hydrogen-bond acceptors (Lipinski definition) is 7. The van der Waals surface area contributed by atoms with Crippen LogP contribution in [-0.4, -0.2) is 42.9 Å². The molecule has 0 atom stereocenters. The number of anilines is 2. The summed E-state index contributed by atoms with van der Waals surface area (Å²) in [5, 5.41) is 8.85. The fraction of sp³-hybridized carbons (Fsp3) is 0.368. The molecule has 0 bridgehead atoms. The number of nitrogens with zero attached hydrogens (tertiary/aromatic N) is 4. The van der Waals surface area contributed by atoms with E-state index >= 15 is 0 Å². The predicted octanol–water partition coefficient (Wildman–Crippen LogP) is 9.43. The van der Waals surface area contributed by atoms with E-state index < -0.39 is 35.4 Å². The Hall–Kier alpha value is -5.11. The van der Waals surface area contributed by atoms with Gasteiger partial charge < -0.3 is 20.5 Å². The number of allylic oxidation sites excluding steroid dienone is 2. The topological polar surface area (TPSA) is 126 Å². The van der Waals surface area contributed by atoms with Crippen molar-refractivity contribution in [2.75, 3.05) is 11.1 Å². The highest BCUT2D eigenvalue weighted by Crippen LogP contribution is 2.31. The van der Waals surface area contributed by atoms with Crippen molar-refractivity contribution in [3.8, 4) is 11.5 Å². The smallest absolute Gasteiger partial charge is 0.282 e. The van der Waals surface area contributed by atoms with Crippen molar-refractivity contribution in [1.82, 2.24) is 19.6 Å². The van der Waals surface area contributed by atoms with Gasteiger partial charge in [0.15, 0.2) is 0 Å². The number of nitrogens with one attached hydrogen (secondary N) is 1. The van der Waals surface area contributed by atoms with Gasteiger partial charge in [0.2, 0.25) is 0 Å². The number of aromatic nitrogens is 4. The molecular weight excluding hydrogens is 716 g/mol. The normalized spacial score (nSPS) is 10.8. The molecule has 15 heteroatoms. The molecule has 3 N–H and O–H groups in total. The third-order valence-corrected chi connectivity index (χ3v) is 7.02. The number of carbonyl (C=O) groups is 2. The largest absolute Gasteiger partial charge is 0.491 e. The van der Waals surface area contributed by atoms with Crippen LogP contribution in [0.15, 0.2) is 73.1 Å². The molecule has 0 spiro atoms. The fourth-order valence-electron chi connectivity index (χ4n) is 4.82. The highest BCUT2D eigenvalue weighted by atomic mass is 35.5. The first-order valence-corrected chi connectivity index (χ1v) is 16.8. The third kappa shape index (κ3) is 13.8. The second-order valence-electron chi connectivity index (χ2n) is 12.7. The Labute approximate surface area is 312 Å². The summed E-state index contributed by atoms with van der Waals surface area (Å²) in [4.78, 5) is 23.1. The lowest BCUT2D eigenvalue weighted by Crippen LogP contribution is -2.16. The molecule has 0 aliphatic carbocycles. The quantitative estimate of drug-likeness (QED) is 0.0602. The highest BCUT2D eigenvalue weighted by Gasteiger charge is 2.24. The van der Waals surface area contributed by atoms with Crippen LogP contribution < -0.4 is 20.5 Å². The van der Waals surface area contributed by atoms with E-state index in [1.54, 1.807) is 12.1 Å². The number of nitrogens with two attached hydrogens (primary N) is 1. The Morgan fingerprint density at radius 2 is 1.23 bits per heavy atom. The molecular formula is C38H47ClF4N6O4. The van der Waals surface area contributed by atoms with Crippen LogP contribution in [0.2, 0.25) is 0 Å². The summed E-state index contributed by atoms with van der Waals surface area (Å²) >= 11 is 5.04. The van der Waals surface area contributed by atoms with Crippen LogP contribution in [0.3, 0.4) is 0 Å². The second-order valence-corrected chi connectivity index (χ2v) is 13.1. The third-order valence-electron chi connectivity index (χ3n) is 6.82. The van der Waals surface area contributed by atoms with Crippen molar-refractivity contribution in [2.45, 2.75) is 79.4 Å². The Kier molecular flexibility index (Phi) is 16.8. The second kappa shape index (κ2) is 20.2. The Bertz CT molecular complexity index is 1890. The van der Waals surface area contributed by atoms with Gasteiger partial charge in [0.1, 0.15) is 22.9 Å². The molecule has 0 aliphatic heterocycles. The lowest BCUT2D eigenvalue weighted by atomic mass is 10.0. The lowest BCUT2D eigenvalue weighted by Gasteiger charge is -2.18. The zero-order chi connectivity index (χ0) is 40.2. The number of ether oxygens (including phenoxy) is 2. The van der Waals surface area contributed by atoms with E-state index in [1.165, 1.54) is 25.0 Å². The van der Waals surface area contributed by atoms with E-state index in [9.17, 15) is 27.2 Å². The number of amides is 1. The van der Waals surface area contributed by atoms with Crippen molar-refractivity contribution in [2.24, 2.45) is 14.1 Å². The molecule has 0 fully saturated rings. The standard InChI is InChI=1S/C19H23F2N3O2.C13H19NO.C6H5ClF2N2O/c1-11(2)9-13-15(7-6-8-16(13)26-12(3)4)22-19(25)14-10-24(5)23-17(14)18(20)21;1-9(2)8-11-12(14)6-5-7-13(11)15-10(3)4;1-11-2-3(5(7)12)4(10-11)6(8)9/h6-8,10,12,18H,1,9H2,2-5H3,(H,22,25);5-7,10H,1,8,14H2,2-4H3;2,6H,1H3. The van der Waals surface area contributed by atoms with Gasteiger partial charge in [0.25, 0.3) is 24.0 Å². The summed E-state index contributed by atoms with van der Waals surface area (Å²) in [5.74, 6) is 0.854. The molecule has 0 saturated carbocycles. The van der Waals surface area contributed by atoms with Crippen LogP contribution in [0.1, 0.15) is 97.6 Å². The number of halogens is 5. The summed E-state index contributed by atoms with van der Waals surface area (Å²) in [6.07, 6.45) is -1.78. The molecule has 0 saturated heterocycles. The Balaban J connectivity index is 0.000000304. The Morgan fingerprint density at radius 1 is 0.792 bits per heavy atom. The molecule has 0 unspecified atom stereocenters. The van der Waals surface area contributed by atoms with Crippen LogP contribution in [0.25, 0.3) is 0 Å². The molecule has 4 rings (SSSR count). The maximum absolute atomic E-state index is 13.1. The number of rotatable bonds is 13. The lowest BCUT2D eigenvalue weighted by molar-refractivity contribution is 0.101. The molecule has 0 aliphatic rings. The maximum Gasteiger partial charge on any atom is 0.282 e. The number of aryl methyl sites for hydroxylation is 2. The summed E-state index contributed by atoms with van der Waals surface area (Å²) in [6.45, 7) is 19.5. The number of nitrogen functional groups attached to an aromatic ring is 1. The van der Waals surface area contributed by atoms with Crippen LogP contribution in [0.4, 0.5) is 28.9 Å². The van der Waals surface area contributed by atoms with E-state index in [4.69, 9.17) is 26.8 Å². The SMILES string of the molecule is C=C(C)Cc1c(N)cccc1OC(C)C.C=C(C)Cc1c(NC(=O)c2cn(C)nc2C(F)F)cccc1OC(C)C.Cn1cc(C(=O)Cl)c(C(F)F)n1. The van der Waals surface area contributed by atoms with Crippen LogP contribution in [-0.2, 0) is 26.9 Å². The van der Waals surface area contributed by atoms with Gasteiger partial charge in [-0.1, -0.05) is 36.4 Å². The molecule has 2 heterocycles. The minimum Gasteiger partial charge on any atom is -0.491 e. The Morgan fingerprint density at radius 3 is 1.66 bits per heavy atom. The first-order valence-electron chi connectivity index (χ1n) is 16.5. The first-order chi connectivity index (χ1) is 24.7. The number of alkyl halides is 4. The van der Waals surface area contributed by atoms with Gasteiger partial charge in [-0.3, -0.25) is 19.0 Å². The van der Waals surface area contributed by atoms with Crippen molar-refractivity contribution in [1.29, 1.82) is 0 Å². The van der Waals surface area contributed by atoms with Gasteiger partial charge in [-0.05, 0) is 90.3 Å². The van der Waals surface area contributed by atoms with E-state index in [1.807, 2.05) is 65.8 Å². The molecule has 10 nitrogen and oxygen atoms in total. The van der Waals surface area contributed by atoms with Gasteiger partial charge in [-0.2, -0.15) is 10.2 Å². The van der Waals surface area contributed by atoms with Crippen molar-refractivity contribution in [3.63, 3.8) is 0 Å². The van der Waals surface area contributed by atoms with E-state index in [2.05, 4.69) is 28.7 Å². The van der Waals surface area contributed by atoms with E-state index in [0.717, 1.165) is 51.0 Å².